The molecule has 1 aromatic heterocycles. The molecule has 2 rings (SSSR count). The lowest BCUT2D eigenvalue weighted by Crippen LogP contribution is -2.49. The van der Waals surface area contributed by atoms with Crippen molar-refractivity contribution in [3.63, 3.8) is 0 Å². The highest BCUT2D eigenvalue weighted by atomic mass is 35.5. The number of nitrogens with one attached hydrogen (secondary N) is 2. The Labute approximate surface area is 124 Å². The predicted molar refractivity (Wildman–Crippen MR) is 79.3 cm³/mol. The lowest BCUT2D eigenvalue weighted by atomic mass is 9.92. The Morgan fingerprint density at radius 1 is 1.45 bits per heavy atom. The molecule has 1 aromatic rings. The molecule has 2 N–H and O–H groups in total. The fourth-order valence-corrected chi connectivity index (χ4v) is 2.40. The van der Waals surface area contributed by atoms with Crippen LogP contribution in [0.3, 0.4) is 0 Å². The molecular formula is C14H20ClN3O2. The van der Waals surface area contributed by atoms with Crippen LogP contribution in [0.2, 0.25) is 5.15 Å². The van der Waals surface area contributed by atoms with Crippen LogP contribution in [0.15, 0.2) is 12.1 Å². The Kier molecular flexibility index (Phi) is 4.83. The molecule has 0 aliphatic carbocycles. The maximum absolute atomic E-state index is 12.4. The number of pyridine rings is 1. The third-order valence-electron chi connectivity index (χ3n) is 3.43. The van der Waals surface area contributed by atoms with E-state index in [4.69, 9.17) is 16.3 Å². The van der Waals surface area contributed by atoms with E-state index in [1.165, 1.54) is 0 Å². The van der Waals surface area contributed by atoms with Crippen molar-refractivity contribution in [2.24, 2.45) is 0 Å². The van der Waals surface area contributed by atoms with Crippen LogP contribution in [0.5, 0.6) is 0 Å². The van der Waals surface area contributed by atoms with E-state index in [9.17, 15) is 4.79 Å². The summed E-state index contributed by atoms with van der Waals surface area (Å²) in [6.07, 6.45) is 1.63. The smallest absolute Gasteiger partial charge is 0.251 e. The van der Waals surface area contributed by atoms with Gasteiger partial charge < -0.3 is 15.4 Å². The highest BCUT2D eigenvalue weighted by Gasteiger charge is 2.29. The highest BCUT2D eigenvalue weighted by Crippen LogP contribution is 2.21. The van der Waals surface area contributed by atoms with E-state index in [-0.39, 0.29) is 11.4 Å². The molecule has 0 spiro atoms. The summed E-state index contributed by atoms with van der Waals surface area (Å²) in [7, 11) is 0. The molecule has 1 fully saturated rings. The predicted octanol–water partition coefficient (Wildman–Crippen LogP) is 2.47. The Morgan fingerprint density at radius 2 is 2.15 bits per heavy atom. The van der Waals surface area contributed by atoms with Gasteiger partial charge in [-0.05, 0) is 38.8 Å². The van der Waals surface area contributed by atoms with Crippen molar-refractivity contribution in [1.29, 1.82) is 0 Å². The molecule has 1 aliphatic heterocycles. The van der Waals surface area contributed by atoms with E-state index >= 15 is 0 Å². The minimum atomic E-state index is -0.219. The first kappa shape index (κ1) is 15.1. The molecule has 0 atom stereocenters. The summed E-state index contributed by atoms with van der Waals surface area (Å²) in [5.74, 6) is 0.486. The zero-order valence-corrected chi connectivity index (χ0v) is 12.6. The molecule has 0 unspecified atom stereocenters. The summed E-state index contributed by atoms with van der Waals surface area (Å²) in [6, 6.07) is 3.30. The zero-order chi connectivity index (χ0) is 14.6. The largest absolute Gasteiger partial charge is 0.381 e. The molecule has 110 valence electrons. The number of anilines is 1. The standard InChI is InChI=1S/C14H20ClN3O2/c1-3-16-12-9-10(8-11(15)17-12)13(19)18-14(2)4-6-20-7-5-14/h8-9H,3-7H2,1-2H3,(H,16,17)(H,18,19). The maximum atomic E-state index is 12.4. The molecule has 1 saturated heterocycles. The number of halogens is 1. The van der Waals surface area contributed by atoms with E-state index in [0.717, 1.165) is 19.4 Å². The van der Waals surface area contributed by atoms with Gasteiger partial charge in [0.25, 0.3) is 5.91 Å². The first-order chi connectivity index (χ1) is 9.52. The van der Waals surface area contributed by atoms with Crippen molar-refractivity contribution >= 4 is 23.3 Å². The van der Waals surface area contributed by atoms with Gasteiger partial charge in [0, 0.05) is 30.9 Å². The second kappa shape index (κ2) is 6.41. The van der Waals surface area contributed by atoms with Crippen molar-refractivity contribution in [2.75, 3.05) is 25.1 Å². The minimum Gasteiger partial charge on any atom is -0.381 e. The lowest BCUT2D eigenvalue weighted by Gasteiger charge is -2.34. The summed E-state index contributed by atoms with van der Waals surface area (Å²) in [5, 5.41) is 6.45. The van der Waals surface area contributed by atoms with Gasteiger partial charge in [-0.2, -0.15) is 0 Å². The first-order valence-electron chi connectivity index (χ1n) is 6.84. The Hall–Kier alpha value is -1.33. The molecule has 6 heteroatoms. The molecule has 0 bridgehead atoms. The molecule has 2 heterocycles. The number of ether oxygens (including phenoxy) is 1. The van der Waals surface area contributed by atoms with Crippen molar-refractivity contribution in [3.8, 4) is 0 Å². The summed E-state index contributed by atoms with van der Waals surface area (Å²) >= 11 is 5.96. The number of carbonyl (C=O) groups is 1. The van der Waals surface area contributed by atoms with Gasteiger partial charge in [0.1, 0.15) is 11.0 Å². The van der Waals surface area contributed by atoms with Crippen molar-refractivity contribution in [3.05, 3.63) is 22.8 Å². The van der Waals surface area contributed by atoms with E-state index in [2.05, 4.69) is 15.6 Å². The van der Waals surface area contributed by atoms with E-state index in [0.29, 0.717) is 29.7 Å². The number of aromatic nitrogens is 1. The summed E-state index contributed by atoms with van der Waals surface area (Å²) < 4.78 is 5.33. The number of rotatable bonds is 4. The van der Waals surface area contributed by atoms with E-state index < -0.39 is 0 Å². The lowest BCUT2D eigenvalue weighted by molar-refractivity contribution is 0.0423. The molecule has 1 amide bonds. The van der Waals surface area contributed by atoms with Crippen LogP contribution in [-0.2, 0) is 4.74 Å². The van der Waals surface area contributed by atoms with Gasteiger partial charge in [-0.15, -0.1) is 0 Å². The molecule has 5 nitrogen and oxygen atoms in total. The fraction of sp³-hybridized carbons (Fsp3) is 0.571. The van der Waals surface area contributed by atoms with Crippen molar-refractivity contribution in [2.45, 2.75) is 32.2 Å². The summed E-state index contributed by atoms with van der Waals surface area (Å²) in [4.78, 5) is 16.5. The van der Waals surface area contributed by atoms with Crippen LogP contribution in [-0.4, -0.2) is 36.2 Å². The van der Waals surface area contributed by atoms with Gasteiger partial charge in [0.2, 0.25) is 0 Å². The average Bonchev–Trinajstić information content (AvgIpc) is 2.38. The number of hydrogen-bond acceptors (Lipinski definition) is 4. The van der Waals surface area contributed by atoms with Crippen molar-refractivity contribution < 1.29 is 9.53 Å². The molecule has 0 saturated carbocycles. The average molecular weight is 298 g/mol. The fourth-order valence-electron chi connectivity index (χ4n) is 2.19. The second-order valence-electron chi connectivity index (χ2n) is 5.22. The number of hydrogen-bond donors (Lipinski definition) is 2. The zero-order valence-electron chi connectivity index (χ0n) is 11.8. The van der Waals surface area contributed by atoms with Crippen LogP contribution in [0, 0.1) is 0 Å². The molecule has 20 heavy (non-hydrogen) atoms. The maximum Gasteiger partial charge on any atom is 0.251 e. The Bertz CT molecular complexity index is 487. The number of carbonyl (C=O) groups excluding carboxylic acids is 1. The molecule has 1 aliphatic rings. The van der Waals surface area contributed by atoms with Crippen molar-refractivity contribution in [1.82, 2.24) is 10.3 Å². The van der Waals surface area contributed by atoms with Gasteiger partial charge >= 0.3 is 0 Å². The van der Waals surface area contributed by atoms with Gasteiger partial charge in [-0.25, -0.2) is 4.98 Å². The van der Waals surface area contributed by atoms with Gasteiger partial charge in [-0.1, -0.05) is 11.6 Å². The molecule has 0 aromatic carbocycles. The topological polar surface area (TPSA) is 63.2 Å². The minimum absolute atomic E-state index is 0.127. The van der Waals surface area contributed by atoms with Crippen LogP contribution in [0.4, 0.5) is 5.82 Å². The normalized spacial score (nSPS) is 17.6. The SMILES string of the molecule is CCNc1cc(C(=O)NC2(C)CCOCC2)cc(Cl)n1. The van der Waals surface area contributed by atoms with Crippen LogP contribution >= 0.6 is 11.6 Å². The van der Waals surface area contributed by atoms with Gasteiger partial charge in [0.05, 0.1) is 0 Å². The van der Waals surface area contributed by atoms with Gasteiger partial charge in [0.15, 0.2) is 0 Å². The first-order valence-corrected chi connectivity index (χ1v) is 7.22. The summed E-state index contributed by atoms with van der Waals surface area (Å²) in [6.45, 7) is 6.09. The summed E-state index contributed by atoms with van der Waals surface area (Å²) in [5.41, 5.74) is 0.303. The van der Waals surface area contributed by atoms with Crippen LogP contribution < -0.4 is 10.6 Å². The van der Waals surface area contributed by atoms with Crippen LogP contribution in [0.1, 0.15) is 37.0 Å². The molecular weight excluding hydrogens is 278 g/mol. The monoisotopic (exact) mass is 297 g/mol. The highest BCUT2D eigenvalue weighted by molar-refractivity contribution is 6.29. The van der Waals surface area contributed by atoms with Gasteiger partial charge in [-0.3, -0.25) is 4.79 Å². The Morgan fingerprint density at radius 3 is 2.80 bits per heavy atom. The van der Waals surface area contributed by atoms with E-state index in [1.54, 1.807) is 12.1 Å². The quantitative estimate of drug-likeness (QED) is 0.838. The number of nitrogens with zero attached hydrogens (tertiary/aromatic N) is 1. The molecule has 0 radical (unpaired) electrons. The van der Waals surface area contributed by atoms with E-state index in [1.807, 2.05) is 13.8 Å². The second-order valence-corrected chi connectivity index (χ2v) is 5.61. The number of amides is 1. The third kappa shape index (κ3) is 3.84. The third-order valence-corrected chi connectivity index (χ3v) is 3.62. The Balaban J connectivity index is 2.12. The van der Waals surface area contributed by atoms with Crippen LogP contribution in [0.25, 0.3) is 0 Å².